The summed E-state index contributed by atoms with van der Waals surface area (Å²) in [7, 11) is -3.84. The minimum atomic E-state index is -3.84. The number of aromatic nitrogens is 1. The van der Waals surface area contributed by atoms with E-state index in [0.29, 0.717) is 5.69 Å². The molecule has 0 radical (unpaired) electrons. The van der Waals surface area contributed by atoms with E-state index in [1.54, 1.807) is 6.07 Å². The molecule has 7 heteroatoms. The monoisotopic (exact) mass is 304 g/mol. The summed E-state index contributed by atoms with van der Waals surface area (Å²) in [5.74, 6) is 0.187. The van der Waals surface area contributed by atoms with Crippen molar-refractivity contribution in [3.05, 3.63) is 54.4 Å². The van der Waals surface area contributed by atoms with E-state index in [4.69, 9.17) is 9.52 Å². The Morgan fingerprint density at radius 2 is 2.00 bits per heavy atom. The van der Waals surface area contributed by atoms with Gasteiger partial charge in [0.1, 0.15) is 12.4 Å². The van der Waals surface area contributed by atoms with Crippen LogP contribution in [0.3, 0.4) is 0 Å². The third-order valence-corrected chi connectivity index (χ3v) is 4.15. The van der Waals surface area contributed by atoms with Crippen LogP contribution in [0, 0.1) is 0 Å². The van der Waals surface area contributed by atoms with Gasteiger partial charge in [-0.25, -0.2) is 0 Å². The first kappa shape index (κ1) is 13.6. The number of hydrogen-bond acceptors (Lipinski definition) is 5. The van der Waals surface area contributed by atoms with Crippen molar-refractivity contribution in [1.29, 1.82) is 0 Å². The van der Waals surface area contributed by atoms with Crippen molar-refractivity contribution in [2.75, 3.05) is 4.72 Å². The van der Waals surface area contributed by atoms with E-state index in [0.717, 1.165) is 10.9 Å². The Morgan fingerprint density at radius 3 is 2.76 bits per heavy atom. The van der Waals surface area contributed by atoms with Gasteiger partial charge in [-0.1, -0.05) is 18.2 Å². The Hall–Kier alpha value is -2.38. The molecule has 0 aliphatic heterocycles. The molecule has 3 aromatic rings. The van der Waals surface area contributed by atoms with Crippen LogP contribution in [-0.4, -0.2) is 18.5 Å². The fourth-order valence-electron chi connectivity index (χ4n) is 1.92. The number of aliphatic hydroxyl groups excluding tert-OH is 1. The number of fused-ring (bicyclic) bond motifs is 1. The van der Waals surface area contributed by atoms with Crippen LogP contribution < -0.4 is 4.72 Å². The van der Waals surface area contributed by atoms with Crippen molar-refractivity contribution in [1.82, 2.24) is 4.98 Å². The fourth-order valence-corrected chi connectivity index (χ4v) is 2.91. The second-order valence-corrected chi connectivity index (χ2v) is 6.01. The van der Waals surface area contributed by atoms with E-state index in [1.165, 1.54) is 18.3 Å². The molecular formula is C14H12N2O4S. The second kappa shape index (κ2) is 5.19. The molecule has 0 unspecified atom stereocenters. The third kappa shape index (κ3) is 2.74. The summed E-state index contributed by atoms with van der Waals surface area (Å²) < 4.78 is 31.7. The number of sulfonamides is 1. The third-order valence-electron chi connectivity index (χ3n) is 2.90. The lowest BCUT2D eigenvalue weighted by atomic mass is 10.2. The van der Waals surface area contributed by atoms with Gasteiger partial charge in [-0.05, 0) is 24.3 Å². The molecule has 0 saturated heterocycles. The van der Waals surface area contributed by atoms with Crippen LogP contribution in [0.2, 0.25) is 0 Å². The molecule has 1 aromatic carbocycles. The van der Waals surface area contributed by atoms with Crippen molar-refractivity contribution in [2.24, 2.45) is 0 Å². The van der Waals surface area contributed by atoms with E-state index in [-0.39, 0.29) is 17.5 Å². The van der Waals surface area contributed by atoms with Gasteiger partial charge in [0.25, 0.3) is 10.0 Å². The predicted molar refractivity (Wildman–Crippen MR) is 77.2 cm³/mol. The number of hydrogen-bond donors (Lipinski definition) is 2. The molecule has 3 rings (SSSR count). The predicted octanol–water partition coefficient (Wildman–Crippen LogP) is 2.12. The van der Waals surface area contributed by atoms with Crippen LogP contribution in [0.25, 0.3) is 10.9 Å². The van der Waals surface area contributed by atoms with Crippen LogP contribution in [0.5, 0.6) is 0 Å². The van der Waals surface area contributed by atoms with Gasteiger partial charge in [0.2, 0.25) is 5.09 Å². The minimum absolute atomic E-state index is 0.187. The first-order valence-corrected chi connectivity index (χ1v) is 7.64. The molecule has 6 nitrogen and oxygen atoms in total. The second-order valence-electron chi connectivity index (χ2n) is 4.40. The highest BCUT2D eigenvalue weighted by molar-refractivity contribution is 7.92. The van der Waals surface area contributed by atoms with Gasteiger partial charge >= 0.3 is 0 Å². The molecule has 0 atom stereocenters. The van der Waals surface area contributed by atoms with Crippen LogP contribution in [0.15, 0.2) is 58.2 Å². The molecule has 0 aliphatic rings. The highest BCUT2D eigenvalue weighted by Gasteiger charge is 2.19. The number of furan rings is 1. The van der Waals surface area contributed by atoms with Gasteiger partial charge in [-0.15, -0.1) is 0 Å². The zero-order chi connectivity index (χ0) is 14.9. The largest absolute Gasteiger partial charge is 0.445 e. The van der Waals surface area contributed by atoms with E-state index in [2.05, 4.69) is 9.71 Å². The van der Waals surface area contributed by atoms with Gasteiger partial charge in [0.05, 0.1) is 17.4 Å². The average Bonchev–Trinajstić information content (AvgIpc) is 2.96. The fraction of sp³-hybridized carbons (Fsp3) is 0.0714. The number of aliphatic hydroxyl groups is 1. The Balaban J connectivity index is 1.93. The van der Waals surface area contributed by atoms with Crippen LogP contribution in [0.1, 0.15) is 5.76 Å². The highest BCUT2D eigenvalue weighted by Crippen LogP contribution is 2.21. The summed E-state index contributed by atoms with van der Waals surface area (Å²) in [4.78, 5) is 4.18. The molecule has 0 spiro atoms. The minimum Gasteiger partial charge on any atom is -0.445 e. The Bertz CT molecular complexity index is 887. The van der Waals surface area contributed by atoms with Gasteiger partial charge in [-0.2, -0.15) is 8.42 Å². The van der Waals surface area contributed by atoms with Gasteiger partial charge in [0, 0.05) is 5.39 Å². The maximum Gasteiger partial charge on any atom is 0.295 e. The average molecular weight is 304 g/mol. The number of para-hydroxylation sites is 1. The number of pyridine rings is 1. The van der Waals surface area contributed by atoms with Gasteiger partial charge < -0.3 is 9.52 Å². The summed E-state index contributed by atoms with van der Waals surface area (Å²) >= 11 is 0. The van der Waals surface area contributed by atoms with Crippen molar-refractivity contribution >= 4 is 26.6 Å². The topological polar surface area (TPSA) is 92.4 Å². The standard InChI is InChI=1S/C14H12N2O4S/c17-9-12-5-6-14(20-12)21(18,19)16-11-7-10-3-1-2-4-13(10)15-8-11/h1-8,16-17H,9H2. The number of nitrogens with one attached hydrogen (secondary N) is 1. The molecule has 2 aromatic heterocycles. The van der Waals surface area contributed by atoms with Crippen LogP contribution >= 0.6 is 0 Å². The Kier molecular flexibility index (Phi) is 3.36. The lowest BCUT2D eigenvalue weighted by Gasteiger charge is -2.06. The van der Waals surface area contributed by atoms with Gasteiger partial charge in [-0.3, -0.25) is 9.71 Å². The molecule has 0 bridgehead atoms. The molecule has 21 heavy (non-hydrogen) atoms. The van der Waals surface area contributed by atoms with E-state index < -0.39 is 10.0 Å². The van der Waals surface area contributed by atoms with Crippen molar-refractivity contribution in [2.45, 2.75) is 11.7 Å². The first-order valence-electron chi connectivity index (χ1n) is 6.16. The Morgan fingerprint density at radius 1 is 1.19 bits per heavy atom. The van der Waals surface area contributed by atoms with Crippen molar-refractivity contribution in [3.8, 4) is 0 Å². The molecule has 2 N–H and O–H groups in total. The summed E-state index contributed by atoms with van der Waals surface area (Å²) in [6, 6.07) is 11.8. The first-order chi connectivity index (χ1) is 10.1. The molecule has 0 saturated carbocycles. The SMILES string of the molecule is O=S(=O)(Nc1cnc2ccccc2c1)c1ccc(CO)o1. The Labute approximate surface area is 121 Å². The molecule has 2 heterocycles. The van der Waals surface area contributed by atoms with E-state index >= 15 is 0 Å². The summed E-state index contributed by atoms with van der Waals surface area (Å²) in [5.41, 5.74) is 1.12. The van der Waals surface area contributed by atoms with Gasteiger partial charge in [0.15, 0.2) is 0 Å². The number of anilines is 1. The van der Waals surface area contributed by atoms with Crippen molar-refractivity contribution in [3.63, 3.8) is 0 Å². The molecule has 0 fully saturated rings. The van der Waals surface area contributed by atoms with E-state index in [9.17, 15) is 8.42 Å². The number of rotatable bonds is 4. The number of nitrogens with zero attached hydrogens (tertiary/aromatic N) is 1. The van der Waals surface area contributed by atoms with Crippen LogP contribution in [-0.2, 0) is 16.6 Å². The smallest absolute Gasteiger partial charge is 0.295 e. The number of benzene rings is 1. The maximum atomic E-state index is 12.2. The maximum absolute atomic E-state index is 12.2. The summed E-state index contributed by atoms with van der Waals surface area (Å²) in [5, 5.41) is 9.48. The molecule has 108 valence electrons. The molecule has 0 amide bonds. The quantitative estimate of drug-likeness (QED) is 0.770. The zero-order valence-corrected chi connectivity index (χ0v) is 11.7. The highest BCUT2D eigenvalue weighted by atomic mass is 32.2. The molecule has 0 aliphatic carbocycles. The molecular weight excluding hydrogens is 292 g/mol. The summed E-state index contributed by atoms with van der Waals surface area (Å²) in [6.45, 7) is -0.354. The lowest BCUT2D eigenvalue weighted by molar-refractivity contribution is 0.236. The van der Waals surface area contributed by atoms with Crippen molar-refractivity contribution < 1.29 is 17.9 Å². The van der Waals surface area contributed by atoms with Crippen LogP contribution in [0.4, 0.5) is 5.69 Å². The van der Waals surface area contributed by atoms with E-state index in [1.807, 2.05) is 24.3 Å². The summed E-state index contributed by atoms with van der Waals surface area (Å²) in [6.07, 6.45) is 1.44. The lowest BCUT2D eigenvalue weighted by Crippen LogP contribution is -2.12. The zero-order valence-electron chi connectivity index (χ0n) is 10.9. The normalized spacial score (nSPS) is 11.7.